The number of esters is 1. The van der Waals surface area contributed by atoms with Crippen LogP contribution in [0.25, 0.3) is 0 Å². The molecule has 1 atom stereocenters. The molecule has 0 aromatic heterocycles. The van der Waals surface area contributed by atoms with Crippen LogP contribution >= 0.6 is 34.8 Å². The molecule has 1 heterocycles. The minimum atomic E-state index is -0.822. The van der Waals surface area contributed by atoms with Crippen LogP contribution in [-0.2, 0) is 19.1 Å². The summed E-state index contributed by atoms with van der Waals surface area (Å²) in [7, 11) is 0. The maximum atomic E-state index is 12.4. The highest BCUT2D eigenvalue weighted by atomic mass is 35.5. The van der Waals surface area contributed by atoms with Gasteiger partial charge in [0.2, 0.25) is 5.91 Å². The van der Waals surface area contributed by atoms with Gasteiger partial charge in [-0.25, -0.2) is 0 Å². The number of hydrogen-bond acceptors (Lipinski definition) is 5. The molecule has 0 spiro atoms. The molecule has 2 aromatic carbocycles. The summed E-state index contributed by atoms with van der Waals surface area (Å²) in [6, 6.07) is 10.7. The van der Waals surface area contributed by atoms with Gasteiger partial charge >= 0.3 is 5.97 Å². The minimum absolute atomic E-state index is 0.0899. The number of benzene rings is 2. The highest BCUT2D eigenvalue weighted by molar-refractivity contribution is 6.36. The van der Waals surface area contributed by atoms with Gasteiger partial charge in [-0.15, -0.1) is 0 Å². The summed E-state index contributed by atoms with van der Waals surface area (Å²) in [6.07, 6.45) is -0.160. The Labute approximate surface area is 192 Å². The fraction of sp³-hybridized carbons (Fsp3) is 0.200. The third kappa shape index (κ3) is 6.10. The summed E-state index contributed by atoms with van der Waals surface area (Å²) in [5.41, 5.74) is 3.04. The second kappa shape index (κ2) is 10.00. The first-order chi connectivity index (χ1) is 14.7. The average molecular weight is 485 g/mol. The molecule has 0 unspecified atom stereocenters. The van der Waals surface area contributed by atoms with Gasteiger partial charge in [0, 0.05) is 22.2 Å². The van der Waals surface area contributed by atoms with E-state index < -0.39 is 36.2 Å². The molecule has 1 fully saturated rings. The number of nitrogens with one attached hydrogen (secondary N) is 2. The minimum Gasteiger partial charge on any atom is -0.455 e. The second-order valence-electron chi connectivity index (χ2n) is 6.63. The van der Waals surface area contributed by atoms with Crippen LogP contribution in [-0.4, -0.2) is 41.9 Å². The van der Waals surface area contributed by atoms with E-state index in [1.165, 1.54) is 18.2 Å². The van der Waals surface area contributed by atoms with Crippen LogP contribution in [0.15, 0.2) is 42.5 Å². The molecule has 3 rings (SSSR count). The number of halogens is 3. The fourth-order valence-corrected chi connectivity index (χ4v) is 3.44. The first-order valence-corrected chi connectivity index (χ1v) is 10.1. The van der Waals surface area contributed by atoms with Crippen LogP contribution in [0.5, 0.6) is 0 Å². The summed E-state index contributed by atoms with van der Waals surface area (Å²) >= 11 is 17.6. The number of hydrazine groups is 1. The Bertz CT molecular complexity index is 1030. The molecule has 1 aliphatic rings. The molecule has 2 N–H and O–H groups in total. The number of carbonyl (C=O) groups excluding carboxylic acids is 4. The van der Waals surface area contributed by atoms with E-state index >= 15 is 0 Å². The van der Waals surface area contributed by atoms with Crippen molar-refractivity contribution in [2.75, 3.05) is 18.5 Å². The van der Waals surface area contributed by atoms with Crippen molar-refractivity contribution in [3.8, 4) is 0 Å². The van der Waals surface area contributed by atoms with Crippen molar-refractivity contribution in [3.05, 3.63) is 63.1 Å². The van der Waals surface area contributed by atoms with E-state index in [1.807, 2.05) is 0 Å². The Morgan fingerprint density at radius 2 is 1.71 bits per heavy atom. The highest BCUT2D eigenvalue weighted by Crippen LogP contribution is 2.22. The molecule has 31 heavy (non-hydrogen) atoms. The predicted molar refractivity (Wildman–Crippen MR) is 115 cm³/mol. The number of anilines is 1. The van der Waals surface area contributed by atoms with Gasteiger partial charge in [0.05, 0.1) is 23.0 Å². The van der Waals surface area contributed by atoms with Crippen molar-refractivity contribution in [3.63, 3.8) is 0 Å². The van der Waals surface area contributed by atoms with Crippen molar-refractivity contribution >= 4 is 64.2 Å². The SMILES string of the molecule is O=C(COC(=O)[C@@H]1CC(=O)N(NC(=O)c2ccc(Cl)cc2Cl)C1)Nc1ccc(Cl)cc1. The van der Waals surface area contributed by atoms with E-state index in [-0.39, 0.29) is 23.6 Å². The van der Waals surface area contributed by atoms with Crippen LogP contribution in [0, 0.1) is 5.92 Å². The second-order valence-corrected chi connectivity index (χ2v) is 7.91. The third-order valence-corrected chi connectivity index (χ3v) is 5.14. The Morgan fingerprint density at radius 3 is 2.39 bits per heavy atom. The lowest BCUT2D eigenvalue weighted by atomic mass is 10.1. The van der Waals surface area contributed by atoms with Crippen molar-refractivity contribution in [2.45, 2.75) is 6.42 Å². The van der Waals surface area contributed by atoms with Crippen molar-refractivity contribution in [1.29, 1.82) is 0 Å². The quantitative estimate of drug-likeness (QED) is 0.612. The van der Waals surface area contributed by atoms with Gasteiger partial charge in [-0.05, 0) is 42.5 Å². The summed E-state index contributed by atoms with van der Waals surface area (Å²) < 4.78 is 5.00. The molecule has 0 radical (unpaired) electrons. The van der Waals surface area contributed by atoms with Crippen molar-refractivity contribution in [1.82, 2.24) is 10.4 Å². The van der Waals surface area contributed by atoms with Crippen LogP contribution in [0.3, 0.4) is 0 Å². The van der Waals surface area contributed by atoms with Crippen LogP contribution in [0.1, 0.15) is 16.8 Å². The average Bonchev–Trinajstić information content (AvgIpc) is 3.08. The monoisotopic (exact) mass is 483 g/mol. The lowest BCUT2D eigenvalue weighted by molar-refractivity contribution is -0.151. The number of rotatable bonds is 6. The van der Waals surface area contributed by atoms with Crippen LogP contribution in [0.2, 0.25) is 15.1 Å². The summed E-state index contributed by atoms with van der Waals surface area (Å²) in [4.78, 5) is 48.7. The zero-order valence-corrected chi connectivity index (χ0v) is 18.1. The summed E-state index contributed by atoms with van der Waals surface area (Å²) in [5, 5.41) is 4.58. The lowest BCUT2D eigenvalue weighted by Gasteiger charge is -2.18. The number of nitrogens with zero attached hydrogens (tertiary/aromatic N) is 1. The lowest BCUT2D eigenvalue weighted by Crippen LogP contribution is -2.43. The molecule has 2 aromatic rings. The molecule has 162 valence electrons. The smallest absolute Gasteiger partial charge is 0.311 e. The summed E-state index contributed by atoms with van der Waals surface area (Å²) in [5.74, 6) is -3.17. The van der Waals surface area contributed by atoms with E-state index in [2.05, 4.69) is 10.7 Å². The zero-order valence-electron chi connectivity index (χ0n) is 15.9. The molecule has 3 amide bonds. The molecule has 8 nitrogen and oxygen atoms in total. The molecule has 11 heteroatoms. The van der Waals surface area contributed by atoms with Gasteiger partial charge < -0.3 is 10.1 Å². The van der Waals surface area contributed by atoms with Gasteiger partial charge in [0.15, 0.2) is 6.61 Å². The topological polar surface area (TPSA) is 105 Å². The van der Waals surface area contributed by atoms with E-state index in [1.54, 1.807) is 24.3 Å². The van der Waals surface area contributed by atoms with Gasteiger partial charge in [0.25, 0.3) is 11.8 Å². The Morgan fingerprint density at radius 1 is 1.03 bits per heavy atom. The number of ether oxygens (including phenoxy) is 1. The molecular formula is C20H16Cl3N3O5. The van der Waals surface area contributed by atoms with Gasteiger partial charge in [0.1, 0.15) is 0 Å². The molecular weight excluding hydrogens is 469 g/mol. The predicted octanol–water partition coefficient (Wildman–Crippen LogP) is 3.32. The van der Waals surface area contributed by atoms with E-state index in [0.29, 0.717) is 15.7 Å². The van der Waals surface area contributed by atoms with Crippen molar-refractivity contribution < 1.29 is 23.9 Å². The van der Waals surface area contributed by atoms with Gasteiger partial charge in [-0.2, -0.15) is 0 Å². The fourth-order valence-electron chi connectivity index (χ4n) is 2.81. The first kappa shape index (κ1) is 22.9. The van der Waals surface area contributed by atoms with Crippen LogP contribution in [0.4, 0.5) is 5.69 Å². The third-order valence-electron chi connectivity index (χ3n) is 4.34. The molecule has 1 saturated heterocycles. The molecule has 0 saturated carbocycles. The van der Waals surface area contributed by atoms with E-state index in [0.717, 1.165) is 5.01 Å². The molecule has 1 aliphatic heterocycles. The Kier molecular flexibility index (Phi) is 7.37. The maximum absolute atomic E-state index is 12.4. The van der Waals surface area contributed by atoms with E-state index in [9.17, 15) is 19.2 Å². The Balaban J connectivity index is 1.49. The maximum Gasteiger partial charge on any atom is 0.311 e. The molecule has 0 bridgehead atoms. The molecule has 0 aliphatic carbocycles. The van der Waals surface area contributed by atoms with Crippen LogP contribution < -0.4 is 10.7 Å². The number of hydrogen-bond donors (Lipinski definition) is 2. The first-order valence-electron chi connectivity index (χ1n) is 9.01. The normalized spacial score (nSPS) is 15.5. The standard InChI is InChI=1S/C20H16Cl3N3O5/c21-12-1-4-14(5-2-12)24-17(27)10-31-20(30)11-7-18(28)26(9-11)25-19(29)15-6-3-13(22)8-16(15)23/h1-6,8,11H,7,9-10H2,(H,24,27)(H,25,29)/t11-/m1/s1. The van der Waals surface area contributed by atoms with Crippen molar-refractivity contribution in [2.24, 2.45) is 5.92 Å². The number of carbonyl (C=O) groups is 4. The Hall–Kier alpha value is -2.81. The van der Waals surface area contributed by atoms with Gasteiger partial charge in [-0.3, -0.25) is 29.6 Å². The zero-order chi connectivity index (χ0) is 22.5. The van der Waals surface area contributed by atoms with Gasteiger partial charge in [-0.1, -0.05) is 34.8 Å². The largest absolute Gasteiger partial charge is 0.455 e. The van der Waals surface area contributed by atoms with E-state index in [4.69, 9.17) is 39.5 Å². The highest BCUT2D eigenvalue weighted by Gasteiger charge is 2.37. The summed E-state index contributed by atoms with van der Waals surface area (Å²) in [6.45, 7) is -0.605. The number of amides is 3.